The molecule has 0 saturated heterocycles. The molecule has 1 aliphatic carbocycles. The summed E-state index contributed by atoms with van der Waals surface area (Å²) in [5.41, 5.74) is 4.38. The SMILES string of the molecule is Cc1cccnc1NC(=O)c1ccc2c(c1)C(=O)c1ccccc1-2. The number of nitrogens with zero attached hydrogens (tertiary/aromatic N) is 1. The lowest BCUT2D eigenvalue weighted by atomic mass is 10.0. The highest BCUT2D eigenvalue weighted by atomic mass is 16.1. The highest BCUT2D eigenvalue weighted by Gasteiger charge is 2.27. The van der Waals surface area contributed by atoms with Gasteiger partial charge in [0, 0.05) is 22.9 Å². The van der Waals surface area contributed by atoms with Gasteiger partial charge >= 0.3 is 0 Å². The number of amides is 1. The van der Waals surface area contributed by atoms with Gasteiger partial charge in [0.25, 0.3) is 5.91 Å². The van der Waals surface area contributed by atoms with E-state index < -0.39 is 0 Å². The van der Waals surface area contributed by atoms with Crippen LogP contribution in [0.5, 0.6) is 0 Å². The van der Waals surface area contributed by atoms with Crippen molar-refractivity contribution < 1.29 is 9.59 Å². The summed E-state index contributed by atoms with van der Waals surface area (Å²) < 4.78 is 0. The predicted octanol–water partition coefficient (Wildman–Crippen LogP) is 3.85. The van der Waals surface area contributed by atoms with Gasteiger partial charge in [-0.05, 0) is 41.8 Å². The van der Waals surface area contributed by atoms with Gasteiger partial charge < -0.3 is 5.32 Å². The molecule has 24 heavy (non-hydrogen) atoms. The van der Waals surface area contributed by atoms with E-state index in [1.807, 2.05) is 49.4 Å². The molecule has 4 nitrogen and oxygen atoms in total. The Labute approximate surface area is 139 Å². The zero-order valence-corrected chi connectivity index (χ0v) is 13.0. The second-order valence-corrected chi connectivity index (χ2v) is 5.76. The second kappa shape index (κ2) is 5.42. The van der Waals surface area contributed by atoms with E-state index in [1.54, 1.807) is 18.3 Å². The second-order valence-electron chi connectivity index (χ2n) is 5.76. The number of hydrogen-bond donors (Lipinski definition) is 1. The third-order valence-electron chi connectivity index (χ3n) is 4.23. The Hall–Kier alpha value is -3.27. The van der Waals surface area contributed by atoms with E-state index >= 15 is 0 Å². The third-order valence-corrected chi connectivity index (χ3v) is 4.23. The summed E-state index contributed by atoms with van der Waals surface area (Å²) in [7, 11) is 0. The van der Waals surface area contributed by atoms with Crippen molar-refractivity contribution in [3.63, 3.8) is 0 Å². The third kappa shape index (κ3) is 2.20. The number of nitrogens with one attached hydrogen (secondary N) is 1. The maximum Gasteiger partial charge on any atom is 0.256 e. The van der Waals surface area contributed by atoms with Gasteiger partial charge in [0.1, 0.15) is 5.82 Å². The van der Waals surface area contributed by atoms with E-state index in [1.165, 1.54) is 0 Å². The van der Waals surface area contributed by atoms with Crippen molar-refractivity contribution in [2.24, 2.45) is 0 Å². The first-order valence-corrected chi connectivity index (χ1v) is 7.66. The number of fused-ring (bicyclic) bond motifs is 3. The summed E-state index contributed by atoms with van der Waals surface area (Å²) in [5, 5.41) is 2.79. The van der Waals surface area contributed by atoms with Crippen LogP contribution in [0.4, 0.5) is 5.82 Å². The normalized spacial score (nSPS) is 11.8. The van der Waals surface area contributed by atoms with Gasteiger partial charge in [0.15, 0.2) is 5.78 Å². The average molecular weight is 314 g/mol. The summed E-state index contributed by atoms with van der Waals surface area (Å²) in [5.74, 6) is 0.213. The number of pyridine rings is 1. The zero-order chi connectivity index (χ0) is 16.7. The molecule has 0 spiro atoms. The van der Waals surface area contributed by atoms with Crippen LogP contribution in [0.1, 0.15) is 31.8 Å². The van der Waals surface area contributed by atoms with Crippen molar-refractivity contribution in [2.45, 2.75) is 6.92 Å². The molecule has 0 radical (unpaired) electrons. The fraction of sp³-hybridized carbons (Fsp3) is 0.0500. The highest BCUT2D eigenvalue weighted by molar-refractivity contribution is 6.22. The lowest BCUT2D eigenvalue weighted by Gasteiger charge is -2.08. The van der Waals surface area contributed by atoms with E-state index in [4.69, 9.17) is 0 Å². The van der Waals surface area contributed by atoms with Crippen molar-refractivity contribution >= 4 is 17.5 Å². The molecule has 3 aromatic rings. The molecule has 0 unspecified atom stereocenters. The number of aryl methyl sites for hydroxylation is 1. The van der Waals surface area contributed by atoms with Gasteiger partial charge in [-0.25, -0.2) is 4.98 Å². The molecule has 2 aromatic carbocycles. The summed E-state index contributed by atoms with van der Waals surface area (Å²) in [4.78, 5) is 29.2. The number of rotatable bonds is 2. The molecular formula is C20H14N2O2. The molecule has 0 aliphatic heterocycles. The van der Waals surface area contributed by atoms with Crippen LogP contribution in [0, 0.1) is 6.92 Å². The number of ketones is 1. The molecule has 116 valence electrons. The van der Waals surface area contributed by atoms with E-state index in [0.29, 0.717) is 22.5 Å². The minimum atomic E-state index is -0.275. The molecule has 0 atom stereocenters. The molecule has 0 bridgehead atoms. The Morgan fingerprint density at radius 1 is 0.917 bits per heavy atom. The molecule has 1 N–H and O–H groups in total. The van der Waals surface area contributed by atoms with E-state index in [2.05, 4.69) is 10.3 Å². The molecule has 1 amide bonds. The number of carbonyl (C=O) groups is 2. The van der Waals surface area contributed by atoms with Gasteiger partial charge in [-0.3, -0.25) is 9.59 Å². The van der Waals surface area contributed by atoms with Gasteiger partial charge in [-0.15, -0.1) is 0 Å². The zero-order valence-electron chi connectivity index (χ0n) is 13.0. The lowest BCUT2D eigenvalue weighted by molar-refractivity contribution is 0.102. The summed E-state index contributed by atoms with van der Waals surface area (Å²) >= 11 is 0. The van der Waals surface area contributed by atoms with Crippen LogP contribution in [0.2, 0.25) is 0 Å². The molecule has 1 aliphatic rings. The van der Waals surface area contributed by atoms with Crippen LogP contribution in [0.15, 0.2) is 60.8 Å². The van der Waals surface area contributed by atoms with Crippen molar-refractivity contribution in [3.8, 4) is 11.1 Å². The minimum absolute atomic E-state index is 0.0377. The molecule has 1 heterocycles. The van der Waals surface area contributed by atoms with Crippen LogP contribution < -0.4 is 5.32 Å². The van der Waals surface area contributed by atoms with E-state index in [0.717, 1.165) is 16.7 Å². The summed E-state index contributed by atoms with van der Waals surface area (Å²) in [6.07, 6.45) is 1.63. The molecule has 4 heteroatoms. The Kier molecular flexibility index (Phi) is 3.24. The monoisotopic (exact) mass is 314 g/mol. The first-order valence-electron chi connectivity index (χ1n) is 7.66. The first kappa shape index (κ1) is 14.3. The van der Waals surface area contributed by atoms with Crippen LogP contribution in [0.25, 0.3) is 11.1 Å². The maximum atomic E-state index is 12.5. The van der Waals surface area contributed by atoms with Crippen molar-refractivity contribution in [1.82, 2.24) is 4.98 Å². The Morgan fingerprint density at radius 3 is 2.46 bits per heavy atom. The Bertz CT molecular complexity index is 992. The van der Waals surface area contributed by atoms with Gasteiger partial charge in [-0.1, -0.05) is 36.4 Å². The quantitative estimate of drug-likeness (QED) is 0.611. The van der Waals surface area contributed by atoms with Crippen LogP contribution >= 0.6 is 0 Å². The lowest BCUT2D eigenvalue weighted by Crippen LogP contribution is -2.14. The highest BCUT2D eigenvalue weighted by Crippen LogP contribution is 2.36. The molecule has 4 rings (SSSR count). The average Bonchev–Trinajstić information content (AvgIpc) is 2.90. The van der Waals surface area contributed by atoms with Crippen LogP contribution in [-0.4, -0.2) is 16.7 Å². The van der Waals surface area contributed by atoms with Crippen LogP contribution in [0.3, 0.4) is 0 Å². The molecule has 1 aromatic heterocycles. The van der Waals surface area contributed by atoms with Gasteiger partial charge in [0.05, 0.1) is 0 Å². The summed E-state index contributed by atoms with van der Waals surface area (Å²) in [6, 6.07) is 16.4. The number of anilines is 1. The number of benzene rings is 2. The van der Waals surface area contributed by atoms with E-state index in [9.17, 15) is 9.59 Å². The number of carbonyl (C=O) groups excluding carboxylic acids is 2. The van der Waals surface area contributed by atoms with Crippen molar-refractivity contribution in [3.05, 3.63) is 83.0 Å². The number of hydrogen-bond acceptors (Lipinski definition) is 3. The number of aromatic nitrogens is 1. The summed E-state index contributed by atoms with van der Waals surface area (Å²) in [6.45, 7) is 1.88. The largest absolute Gasteiger partial charge is 0.306 e. The van der Waals surface area contributed by atoms with Crippen LogP contribution in [-0.2, 0) is 0 Å². The smallest absolute Gasteiger partial charge is 0.256 e. The molecule has 0 saturated carbocycles. The fourth-order valence-electron chi connectivity index (χ4n) is 2.97. The van der Waals surface area contributed by atoms with Gasteiger partial charge in [-0.2, -0.15) is 0 Å². The fourth-order valence-corrected chi connectivity index (χ4v) is 2.97. The molecular weight excluding hydrogens is 300 g/mol. The maximum absolute atomic E-state index is 12.5. The first-order chi connectivity index (χ1) is 11.6. The molecule has 0 fully saturated rings. The van der Waals surface area contributed by atoms with Crippen molar-refractivity contribution in [2.75, 3.05) is 5.32 Å². The van der Waals surface area contributed by atoms with Gasteiger partial charge in [0.2, 0.25) is 0 Å². The standard InChI is InChI=1S/C20H14N2O2/c1-12-5-4-10-21-19(12)22-20(24)13-8-9-15-14-6-2-3-7-16(14)18(23)17(15)11-13/h2-11H,1H3,(H,21,22,24). The predicted molar refractivity (Wildman–Crippen MR) is 92.2 cm³/mol. The van der Waals surface area contributed by atoms with E-state index in [-0.39, 0.29) is 11.7 Å². The Morgan fingerprint density at radius 2 is 1.67 bits per heavy atom. The topological polar surface area (TPSA) is 59.1 Å². The van der Waals surface area contributed by atoms with Crippen molar-refractivity contribution in [1.29, 1.82) is 0 Å². The Balaban J connectivity index is 1.69. The minimum Gasteiger partial charge on any atom is -0.306 e.